The molecule has 0 aromatic carbocycles. The van der Waals surface area contributed by atoms with Crippen molar-refractivity contribution in [3.8, 4) is 0 Å². The molecular formula is C9H14N2O. The van der Waals surface area contributed by atoms with Crippen molar-refractivity contribution in [3.63, 3.8) is 0 Å². The van der Waals surface area contributed by atoms with Gasteiger partial charge in [-0.15, -0.1) is 0 Å². The quantitative estimate of drug-likeness (QED) is 0.605. The van der Waals surface area contributed by atoms with E-state index in [2.05, 4.69) is 16.4 Å². The molecule has 1 atom stereocenters. The van der Waals surface area contributed by atoms with Crippen LogP contribution in [0, 0.1) is 5.92 Å². The molecule has 0 radical (unpaired) electrons. The Kier molecular flexibility index (Phi) is 2.23. The Labute approximate surface area is 72.2 Å². The maximum absolute atomic E-state index is 9.00. The third-order valence-electron chi connectivity index (χ3n) is 2.58. The maximum Gasteiger partial charge on any atom is 0.0851 e. The van der Waals surface area contributed by atoms with Crippen LogP contribution in [0.5, 0.6) is 0 Å². The van der Waals surface area contributed by atoms with Gasteiger partial charge >= 0.3 is 0 Å². The van der Waals surface area contributed by atoms with Crippen LogP contribution >= 0.6 is 0 Å². The van der Waals surface area contributed by atoms with Crippen LogP contribution in [0.1, 0.15) is 6.42 Å². The van der Waals surface area contributed by atoms with Crippen molar-refractivity contribution in [2.24, 2.45) is 10.9 Å². The molecule has 1 unspecified atom stereocenters. The van der Waals surface area contributed by atoms with Gasteiger partial charge in [0.1, 0.15) is 0 Å². The molecule has 2 aliphatic heterocycles. The number of nitrogens with one attached hydrogen (secondary N) is 1. The van der Waals surface area contributed by atoms with Crippen LogP contribution in [0.4, 0.5) is 0 Å². The Bertz CT molecular complexity index is 227. The van der Waals surface area contributed by atoms with Gasteiger partial charge < -0.3 is 10.4 Å². The van der Waals surface area contributed by atoms with E-state index in [1.165, 1.54) is 12.0 Å². The predicted molar refractivity (Wildman–Crippen MR) is 48.4 cm³/mol. The molecule has 0 aromatic rings. The number of hydrogen-bond acceptors (Lipinski definition) is 3. The zero-order chi connectivity index (χ0) is 8.39. The largest absolute Gasteiger partial charge is 0.390 e. The molecule has 0 amide bonds. The van der Waals surface area contributed by atoms with Crippen LogP contribution in [-0.4, -0.2) is 37.1 Å². The van der Waals surface area contributed by atoms with Gasteiger partial charge in [-0.05, 0) is 24.5 Å². The van der Waals surface area contributed by atoms with Crippen molar-refractivity contribution < 1.29 is 5.11 Å². The highest BCUT2D eigenvalue weighted by Crippen LogP contribution is 2.22. The van der Waals surface area contributed by atoms with Crippen molar-refractivity contribution >= 4 is 5.71 Å². The first-order valence-corrected chi connectivity index (χ1v) is 4.47. The molecule has 2 heterocycles. The zero-order valence-corrected chi connectivity index (χ0v) is 7.08. The molecule has 2 N–H and O–H groups in total. The van der Waals surface area contributed by atoms with E-state index < -0.39 is 0 Å². The summed E-state index contributed by atoms with van der Waals surface area (Å²) in [6, 6.07) is 0. The summed E-state index contributed by atoms with van der Waals surface area (Å²) in [4.78, 5) is 4.23. The minimum atomic E-state index is 0.0995. The van der Waals surface area contributed by atoms with E-state index >= 15 is 0 Å². The molecule has 66 valence electrons. The molecule has 3 heteroatoms. The van der Waals surface area contributed by atoms with Gasteiger partial charge in [0.05, 0.1) is 18.9 Å². The first-order chi connectivity index (χ1) is 5.92. The smallest absolute Gasteiger partial charge is 0.0851 e. The van der Waals surface area contributed by atoms with Crippen molar-refractivity contribution in [1.29, 1.82) is 0 Å². The molecule has 0 spiro atoms. The summed E-state index contributed by atoms with van der Waals surface area (Å²) in [5, 5.41) is 12.3. The summed E-state index contributed by atoms with van der Waals surface area (Å²) < 4.78 is 0. The standard InChI is InChI=1S/C9H14N2O/c12-6-9-8(2-4-11-9)7-1-3-10-5-7/h2,7,10,12H,1,3-6H2. The molecule has 2 rings (SSSR count). The van der Waals surface area contributed by atoms with Gasteiger partial charge in [-0.3, -0.25) is 4.99 Å². The zero-order valence-electron chi connectivity index (χ0n) is 7.08. The van der Waals surface area contributed by atoms with E-state index in [4.69, 9.17) is 5.11 Å². The lowest BCUT2D eigenvalue weighted by Gasteiger charge is -2.10. The highest BCUT2D eigenvalue weighted by atomic mass is 16.3. The van der Waals surface area contributed by atoms with E-state index in [-0.39, 0.29) is 6.61 Å². The minimum Gasteiger partial charge on any atom is -0.390 e. The Morgan fingerprint density at radius 1 is 1.67 bits per heavy atom. The van der Waals surface area contributed by atoms with Crippen LogP contribution in [0.3, 0.4) is 0 Å². The second kappa shape index (κ2) is 3.37. The number of aliphatic hydroxyl groups excluding tert-OH is 1. The average molecular weight is 166 g/mol. The minimum absolute atomic E-state index is 0.0995. The van der Waals surface area contributed by atoms with E-state index in [0.29, 0.717) is 5.92 Å². The number of aliphatic hydroxyl groups is 1. The first-order valence-electron chi connectivity index (χ1n) is 4.47. The van der Waals surface area contributed by atoms with Gasteiger partial charge in [-0.1, -0.05) is 6.08 Å². The molecular weight excluding hydrogens is 152 g/mol. The Balaban J connectivity index is 2.07. The molecule has 12 heavy (non-hydrogen) atoms. The number of nitrogens with zero attached hydrogens (tertiary/aromatic N) is 1. The summed E-state index contributed by atoms with van der Waals surface area (Å²) >= 11 is 0. The summed E-state index contributed by atoms with van der Waals surface area (Å²) in [6.07, 6.45) is 3.33. The van der Waals surface area contributed by atoms with Crippen molar-refractivity contribution in [1.82, 2.24) is 5.32 Å². The normalized spacial score (nSPS) is 28.9. The van der Waals surface area contributed by atoms with E-state index in [0.717, 1.165) is 25.3 Å². The Hall–Kier alpha value is -0.670. The monoisotopic (exact) mass is 166 g/mol. The molecule has 1 saturated heterocycles. The van der Waals surface area contributed by atoms with E-state index in [1.807, 2.05) is 0 Å². The van der Waals surface area contributed by atoms with Crippen molar-refractivity contribution in [2.75, 3.05) is 26.2 Å². The van der Waals surface area contributed by atoms with Crippen LogP contribution < -0.4 is 5.32 Å². The third-order valence-corrected chi connectivity index (χ3v) is 2.58. The van der Waals surface area contributed by atoms with Crippen LogP contribution in [0.2, 0.25) is 0 Å². The topological polar surface area (TPSA) is 44.6 Å². The molecule has 0 bridgehead atoms. The number of aliphatic imine (C=N–C) groups is 1. The molecule has 2 aliphatic rings. The van der Waals surface area contributed by atoms with Crippen LogP contribution in [-0.2, 0) is 0 Å². The summed E-state index contributed by atoms with van der Waals surface area (Å²) in [6.45, 7) is 3.01. The predicted octanol–water partition coefficient (Wildman–Crippen LogP) is -0.0308. The number of hydrogen-bond donors (Lipinski definition) is 2. The van der Waals surface area contributed by atoms with Crippen molar-refractivity contribution in [2.45, 2.75) is 6.42 Å². The molecule has 0 saturated carbocycles. The second-order valence-electron chi connectivity index (χ2n) is 3.29. The summed E-state index contributed by atoms with van der Waals surface area (Å²) in [5.41, 5.74) is 2.19. The summed E-state index contributed by atoms with van der Waals surface area (Å²) in [5.74, 6) is 0.596. The fourth-order valence-electron chi connectivity index (χ4n) is 1.93. The highest BCUT2D eigenvalue weighted by molar-refractivity contribution is 6.03. The molecule has 0 aliphatic carbocycles. The van der Waals surface area contributed by atoms with Crippen molar-refractivity contribution in [3.05, 3.63) is 11.6 Å². The third kappa shape index (κ3) is 1.30. The van der Waals surface area contributed by atoms with Gasteiger partial charge in [0, 0.05) is 6.54 Å². The van der Waals surface area contributed by atoms with Gasteiger partial charge in [0.25, 0.3) is 0 Å². The lowest BCUT2D eigenvalue weighted by atomic mass is 9.95. The highest BCUT2D eigenvalue weighted by Gasteiger charge is 2.23. The van der Waals surface area contributed by atoms with Gasteiger partial charge in [-0.25, -0.2) is 0 Å². The van der Waals surface area contributed by atoms with Gasteiger partial charge in [0.15, 0.2) is 0 Å². The average Bonchev–Trinajstić information content (AvgIpc) is 2.74. The Morgan fingerprint density at radius 2 is 2.58 bits per heavy atom. The van der Waals surface area contributed by atoms with E-state index in [9.17, 15) is 0 Å². The van der Waals surface area contributed by atoms with Gasteiger partial charge in [-0.2, -0.15) is 0 Å². The molecule has 0 aromatic heterocycles. The molecule has 3 nitrogen and oxygen atoms in total. The lowest BCUT2D eigenvalue weighted by molar-refractivity contribution is 0.357. The first kappa shape index (κ1) is 7.95. The lowest BCUT2D eigenvalue weighted by Crippen LogP contribution is -2.16. The fourth-order valence-corrected chi connectivity index (χ4v) is 1.93. The van der Waals surface area contributed by atoms with Crippen LogP contribution in [0.25, 0.3) is 0 Å². The Morgan fingerprint density at radius 3 is 3.25 bits per heavy atom. The second-order valence-corrected chi connectivity index (χ2v) is 3.29. The fraction of sp³-hybridized carbons (Fsp3) is 0.667. The number of rotatable bonds is 2. The van der Waals surface area contributed by atoms with Gasteiger partial charge in [0.2, 0.25) is 0 Å². The van der Waals surface area contributed by atoms with Crippen LogP contribution in [0.15, 0.2) is 16.6 Å². The summed E-state index contributed by atoms with van der Waals surface area (Å²) in [7, 11) is 0. The SMILES string of the molecule is OCC1=NCC=C1C1CCNC1. The maximum atomic E-state index is 9.00. The van der Waals surface area contributed by atoms with E-state index in [1.54, 1.807) is 0 Å². The molecule has 1 fully saturated rings.